The highest BCUT2D eigenvalue weighted by Crippen LogP contribution is 2.25. The third kappa shape index (κ3) is 3.48. The van der Waals surface area contributed by atoms with E-state index in [1.54, 1.807) is 12.1 Å². The number of fused-ring (bicyclic) bond motifs is 1. The highest BCUT2D eigenvalue weighted by atomic mass is 19.1. The van der Waals surface area contributed by atoms with Gasteiger partial charge in [-0.1, -0.05) is 48.5 Å². The van der Waals surface area contributed by atoms with Gasteiger partial charge in [0.05, 0.1) is 5.56 Å². The number of amides is 1. The third-order valence-electron chi connectivity index (χ3n) is 4.28. The Bertz CT molecular complexity index is 1200. The fraction of sp³-hybridized carbons (Fsp3) is 0. The average molecular weight is 358 g/mol. The highest BCUT2D eigenvalue weighted by Gasteiger charge is 2.13. The summed E-state index contributed by atoms with van der Waals surface area (Å²) in [5.74, 6) is -0.916. The number of pyridine rings is 1. The minimum atomic E-state index is -0.468. The van der Waals surface area contributed by atoms with Crippen molar-refractivity contribution in [2.45, 2.75) is 0 Å². The lowest BCUT2D eigenvalue weighted by Crippen LogP contribution is -2.17. The first kappa shape index (κ1) is 16.7. The first-order valence-electron chi connectivity index (χ1n) is 8.39. The van der Waals surface area contributed by atoms with E-state index in [-0.39, 0.29) is 11.1 Å². The fourth-order valence-electron chi connectivity index (χ4n) is 3.02. The first-order chi connectivity index (χ1) is 13.1. The molecular weight excluding hydrogens is 343 g/mol. The Labute approximate surface area is 154 Å². The average Bonchev–Trinajstić information content (AvgIpc) is 2.67. The molecule has 0 unspecified atom stereocenters. The van der Waals surface area contributed by atoms with Gasteiger partial charge in [0.25, 0.3) is 5.91 Å². The normalized spacial score (nSPS) is 10.7. The largest absolute Gasteiger partial charge is 0.322 e. The number of benzene rings is 3. The Balaban J connectivity index is 1.77. The van der Waals surface area contributed by atoms with E-state index in [4.69, 9.17) is 0 Å². The molecule has 2 N–H and O–H groups in total. The number of rotatable bonds is 3. The quantitative estimate of drug-likeness (QED) is 0.563. The van der Waals surface area contributed by atoms with Crippen molar-refractivity contribution < 1.29 is 9.18 Å². The van der Waals surface area contributed by atoms with Crippen LogP contribution in [0.4, 0.5) is 10.1 Å². The van der Waals surface area contributed by atoms with Gasteiger partial charge in [-0.05, 0) is 35.4 Å². The van der Waals surface area contributed by atoms with Crippen LogP contribution >= 0.6 is 0 Å². The summed E-state index contributed by atoms with van der Waals surface area (Å²) >= 11 is 0. The van der Waals surface area contributed by atoms with Crippen LogP contribution in [0.5, 0.6) is 0 Å². The van der Waals surface area contributed by atoms with Gasteiger partial charge in [-0.2, -0.15) is 0 Å². The van der Waals surface area contributed by atoms with E-state index in [2.05, 4.69) is 10.3 Å². The Morgan fingerprint density at radius 2 is 1.67 bits per heavy atom. The predicted octanol–water partition coefficient (Wildman–Crippen LogP) is 4.59. The smallest absolute Gasteiger partial charge is 0.256 e. The maximum Gasteiger partial charge on any atom is 0.256 e. The summed E-state index contributed by atoms with van der Waals surface area (Å²) in [5, 5.41) is 3.25. The van der Waals surface area contributed by atoms with Gasteiger partial charge in [-0.25, -0.2) is 4.39 Å². The fourth-order valence-corrected chi connectivity index (χ4v) is 3.02. The van der Waals surface area contributed by atoms with Gasteiger partial charge >= 0.3 is 0 Å². The standard InChI is InChI=1S/C22H15FN2O2/c23-16-7-4-8-17(12-16)24-22(27)19-13-21(26)25-20-11-15(9-10-18(19)20)14-5-2-1-3-6-14/h1-13H,(H,24,27)(H,25,26). The maximum absolute atomic E-state index is 13.3. The van der Waals surface area contributed by atoms with Gasteiger partial charge in [0.1, 0.15) is 5.82 Å². The lowest BCUT2D eigenvalue weighted by atomic mass is 10.0. The van der Waals surface area contributed by atoms with Gasteiger partial charge in [0, 0.05) is 22.7 Å². The molecule has 4 nitrogen and oxygen atoms in total. The summed E-state index contributed by atoms with van der Waals surface area (Å²) in [6.45, 7) is 0. The molecule has 3 aromatic carbocycles. The second kappa shape index (κ2) is 6.88. The number of carbonyl (C=O) groups is 1. The highest BCUT2D eigenvalue weighted by molar-refractivity contribution is 6.12. The molecule has 1 amide bonds. The number of aromatic nitrogens is 1. The molecule has 4 aromatic rings. The van der Waals surface area contributed by atoms with Crippen LogP contribution in [0.3, 0.4) is 0 Å². The summed E-state index contributed by atoms with van der Waals surface area (Å²) in [6, 6.07) is 22.1. The number of halogens is 1. The lowest BCUT2D eigenvalue weighted by molar-refractivity contribution is 0.102. The zero-order valence-electron chi connectivity index (χ0n) is 14.2. The molecular formula is C22H15FN2O2. The van der Waals surface area contributed by atoms with E-state index in [0.29, 0.717) is 16.6 Å². The summed E-state index contributed by atoms with van der Waals surface area (Å²) < 4.78 is 13.3. The SMILES string of the molecule is O=C(Nc1cccc(F)c1)c1cc(=O)[nH]c2cc(-c3ccccc3)ccc12. The maximum atomic E-state index is 13.3. The molecule has 27 heavy (non-hydrogen) atoms. The summed E-state index contributed by atoms with van der Waals surface area (Å²) in [6.07, 6.45) is 0. The third-order valence-corrected chi connectivity index (χ3v) is 4.28. The van der Waals surface area contributed by atoms with Gasteiger partial charge in [-0.3, -0.25) is 9.59 Å². The molecule has 0 bridgehead atoms. The zero-order chi connectivity index (χ0) is 18.8. The topological polar surface area (TPSA) is 62.0 Å². The minimum Gasteiger partial charge on any atom is -0.322 e. The Kier molecular flexibility index (Phi) is 4.26. The van der Waals surface area contributed by atoms with Gasteiger partial charge in [0.15, 0.2) is 0 Å². The molecule has 0 saturated carbocycles. The molecule has 0 spiro atoms. The van der Waals surface area contributed by atoms with Gasteiger partial charge in [0.2, 0.25) is 5.56 Å². The molecule has 1 heterocycles. The number of aromatic amines is 1. The first-order valence-corrected chi connectivity index (χ1v) is 8.39. The number of anilines is 1. The summed E-state index contributed by atoms with van der Waals surface area (Å²) in [7, 11) is 0. The van der Waals surface area contributed by atoms with Crippen molar-refractivity contribution >= 4 is 22.5 Å². The van der Waals surface area contributed by atoms with Crippen LogP contribution in [0.1, 0.15) is 10.4 Å². The molecule has 1 aromatic heterocycles. The monoisotopic (exact) mass is 358 g/mol. The molecule has 132 valence electrons. The number of nitrogens with one attached hydrogen (secondary N) is 2. The van der Waals surface area contributed by atoms with Crippen LogP contribution < -0.4 is 10.9 Å². The van der Waals surface area contributed by atoms with Gasteiger partial charge in [-0.15, -0.1) is 0 Å². The van der Waals surface area contributed by atoms with Crippen molar-refractivity contribution in [3.63, 3.8) is 0 Å². The molecule has 0 aliphatic rings. The second-order valence-corrected chi connectivity index (χ2v) is 6.14. The van der Waals surface area contributed by atoms with Crippen molar-refractivity contribution in [3.8, 4) is 11.1 Å². The second-order valence-electron chi connectivity index (χ2n) is 6.14. The number of H-pyrrole nitrogens is 1. The summed E-state index contributed by atoms with van der Waals surface area (Å²) in [4.78, 5) is 27.5. The lowest BCUT2D eigenvalue weighted by Gasteiger charge is -2.09. The van der Waals surface area contributed by atoms with E-state index in [1.165, 1.54) is 24.3 Å². The van der Waals surface area contributed by atoms with E-state index in [0.717, 1.165) is 11.1 Å². The summed E-state index contributed by atoms with van der Waals surface area (Å²) in [5.41, 5.74) is 2.69. The van der Waals surface area contributed by atoms with Crippen molar-refractivity contribution in [1.29, 1.82) is 0 Å². The molecule has 4 rings (SSSR count). The number of carbonyl (C=O) groups excluding carboxylic acids is 1. The van der Waals surface area contributed by atoms with Crippen LogP contribution in [-0.2, 0) is 0 Å². The van der Waals surface area contributed by atoms with Crippen molar-refractivity contribution in [2.75, 3.05) is 5.32 Å². The van der Waals surface area contributed by atoms with E-state index < -0.39 is 11.7 Å². The van der Waals surface area contributed by atoms with Crippen molar-refractivity contribution in [1.82, 2.24) is 4.98 Å². The molecule has 0 saturated heterocycles. The Morgan fingerprint density at radius 1 is 0.852 bits per heavy atom. The van der Waals surface area contributed by atoms with E-state index >= 15 is 0 Å². The van der Waals surface area contributed by atoms with Crippen LogP contribution in [-0.4, -0.2) is 10.9 Å². The van der Waals surface area contributed by atoms with Crippen LogP contribution in [0.25, 0.3) is 22.0 Å². The molecule has 5 heteroatoms. The van der Waals surface area contributed by atoms with Crippen molar-refractivity contribution in [3.05, 3.63) is 101 Å². The zero-order valence-corrected chi connectivity index (χ0v) is 14.2. The minimum absolute atomic E-state index is 0.234. The number of hydrogen-bond donors (Lipinski definition) is 2. The Morgan fingerprint density at radius 3 is 2.44 bits per heavy atom. The molecule has 0 aliphatic heterocycles. The van der Waals surface area contributed by atoms with Gasteiger partial charge < -0.3 is 10.3 Å². The Hall–Kier alpha value is -3.73. The predicted molar refractivity (Wildman–Crippen MR) is 104 cm³/mol. The van der Waals surface area contributed by atoms with Crippen LogP contribution in [0, 0.1) is 5.82 Å². The molecule has 0 radical (unpaired) electrons. The van der Waals surface area contributed by atoms with Crippen LogP contribution in [0.2, 0.25) is 0 Å². The number of hydrogen-bond acceptors (Lipinski definition) is 2. The molecule has 0 aliphatic carbocycles. The van der Waals surface area contributed by atoms with E-state index in [9.17, 15) is 14.0 Å². The molecule has 0 fully saturated rings. The molecule has 0 atom stereocenters. The van der Waals surface area contributed by atoms with Crippen LogP contribution in [0.15, 0.2) is 83.7 Å². The van der Waals surface area contributed by atoms with Crippen molar-refractivity contribution in [2.24, 2.45) is 0 Å². The van der Waals surface area contributed by atoms with E-state index in [1.807, 2.05) is 42.5 Å².